The van der Waals surface area contributed by atoms with Crippen LogP contribution in [-0.2, 0) is 0 Å². The van der Waals surface area contributed by atoms with Crippen molar-refractivity contribution in [1.82, 2.24) is 24.7 Å². The fourth-order valence-electron chi connectivity index (χ4n) is 3.34. The van der Waals surface area contributed by atoms with E-state index in [1.54, 1.807) is 6.26 Å². The predicted octanol–water partition coefficient (Wildman–Crippen LogP) is 4.47. The molecule has 4 heterocycles. The second-order valence-electron chi connectivity index (χ2n) is 6.96. The lowest BCUT2D eigenvalue weighted by Crippen LogP contribution is -2.18. The first-order chi connectivity index (χ1) is 14.1. The maximum Gasteiger partial charge on any atom is 0.258 e. The molecule has 0 fully saturated rings. The van der Waals surface area contributed by atoms with Crippen molar-refractivity contribution in [2.75, 3.05) is 13.2 Å². The lowest BCUT2D eigenvalue weighted by Gasteiger charge is -2.14. The van der Waals surface area contributed by atoms with E-state index in [-0.39, 0.29) is 6.04 Å². The summed E-state index contributed by atoms with van der Waals surface area (Å²) in [7, 11) is 0. The van der Waals surface area contributed by atoms with Gasteiger partial charge in [0.2, 0.25) is 5.65 Å². The van der Waals surface area contributed by atoms with Crippen LogP contribution in [0.5, 0.6) is 5.88 Å². The molecule has 0 aromatic carbocycles. The minimum atomic E-state index is 0.111. The monoisotopic (exact) mass is 391 g/mol. The molecule has 150 valence electrons. The van der Waals surface area contributed by atoms with E-state index >= 15 is 0 Å². The van der Waals surface area contributed by atoms with Crippen molar-refractivity contribution in [3.05, 3.63) is 54.8 Å². The lowest BCUT2D eigenvalue weighted by molar-refractivity contribution is 0.315. The van der Waals surface area contributed by atoms with Crippen molar-refractivity contribution in [3.8, 4) is 17.1 Å². The third-order valence-corrected chi connectivity index (χ3v) is 4.87. The largest absolute Gasteiger partial charge is 0.475 e. The van der Waals surface area contributed by atoms with Crippen LogP contribution in [0.2, 0.25) is 0 Å². The number of nitrogens with zero attached hydrogens (tertiary/aromatic N) is 4. The molecule has 0 aliphatic carbocycles. The average molecular weight is 391 g/mol. The summed E-state index contributed by atoms with van der Waals surface area (Å²) >= 11 is 0. The molecule has 0 saturated heterocycles. The van der Waals surface area contributed by atoms with Gasteiger partial charge in [0.05, 0.1) is 24.3 Å². The van der Waals surface area contributed by atoms with Crippen molar-refractivity contribution in [3.63, 3.8) is 0 Å². The van der Waals surface area contributed by atoms with Crippen molar-refractivity contribution in [1.29, 1.82) is 0 Å². The van der Waals surface area contributed by atoms with E-state index in [1.807, 2.05) is 41.9 Å². The molecule has 7 heteroatoms. The second-order valence-corrected chi connectivity index (χ2v) is 6.96. The lowest BCUT2D eigenvalue weighted by atomic mass is 10.1. The maximum atomic E-state index is 5.92. The number of fused-ring (bicyclic) bond motifs is 2. The van der Waals surface area contributed by atoms with E-state index in [4.69, 9.17) is 19.1 Å². The van der Waals surface area contributed by atoms with Crippen LogP contribution in [0.3, 0.4) is 0 Å². The predicted molar refractivity (Wildman–Crippen MR) is 113 cm³/mol. The number of ether oxygens (including phenoxy) is 1. The number of aryl methyl sites for hydroxylation is 1. The van der Waals surface area contributed by atoms with Gasteiger partial charge >= 0.3 is 0 Å². The van der Waals surface area contributed by atoms with Gasteiger partial charge < -0.3 is 14.5 Å². The molecule has 0 aliphatic heterocycles. The number of hydrogen-bond donors (Lipinski definition) is 1. The molecule has 4 aromatic heterocycles. The molecular weight excluding hydrogens is 366 g/mol. The van der Waals surface area contributed by atoms with Crippen LogP contribution in [0.15, 0.2) is 47.9 Å². The minimum absolute atomic E-state index is 0.111. The van der Waals surface area contributed by atoms with Gasteiger partial charge in [-0.1, -0.05) is 13.0 Å². The number of furan rings is 1. The normalized spacial score (nSPS) is 12.5. The summed E-state index contributed by atoms with van der Waals surface area (Å²) in [6, 6.07) is 4.02. The summed E-state index contributed by atoms with van der Waals surface area (Å²) in [6.45, 7) is 11.3. The molecule has 4 rings (SSSR count). The first kappa shape index (κ1) is 19.1. The third-order valence-electron chi connectivity index (χ3n) is 4.87. The molecule has 0 spiro atoms. The van der Waals surface area contributed by atoms with Gasteiger partial charge in [-0.15, -0.1) is 6.58 Å². The van der Waals surface area contributed by atoms with Gasteiger partial charge in [-0.2, -0.15) is 0 Å². The molecule has 0 radical (unpaired) electrons. The highest BCUT2D eigenvalue weighted by atomic mass is 16.5. The highest BCUT2D eigenvalue weighted by Crippen LogP contribution is 2.32. The Morgan fingerprint density at radius 3 is 3.03 bits per heavy atom. The molecule has 4 aromatic rings. The summed E-state index contributed by atoms with van der Waals surface area (Å²) in [6.07, 6.45) is 8.00. The van der Waals surface area contributed by atoms with Gasteiger partial charge in [-0.3, -0.25) is 4.40 Å². The van der Waals surface area contributed by atoms with Crippen molar-refractivity contribution in [2.24, 2.45) is 0 Å². The Kier molecular flexibility index (Phi) is 5.31. The molecule has 0 bridgehead atoms. The molecule has 1 unspecified atom stereocenters. The molecule has 0 aliphatic rings. The van der Waals surface area contributed by atoms with E-state index in [9.17, 15) is 0 Å². The third kappa shape index (κ3) is 3.61. The van der Waals surface area contributed by atoms with Crippen molar-refractivity contribution >= 4 is 16.7 Å². The van der Waals surface area contributed by atoms with Crippen LogP contribution >= 0.6 is 0 Å². The Hall–Kier alpha value is -3.19. The van der Waals surface area contributed by atoms with E-state index in [0.717, 1.165) is 41.1 Å². The first-order valence-corrected chi connectivity index (χ1v) is 9.82. The summed E-state index contributed by atoms with van der Waals surface area (Å²) in [5.74, 6) is 0.496. The number of aromatic nitrogens is 4. The van der Waals surface area contributed by atoms with Gasteiger partial charge in [0.25, 0.3) is 5.88 Å². The number of nitrogens with one attached hydrogen (secondary N) is 1. The summed E-state index contributed by atoms with van der Waals surface area (Å²) in [5.41, 5.74) is 5.78. The van der Waals surface area contributed by atoms with Gasteiger partial charge in [0.1, 0.15) is 5.52 Å². The number of hydrogen-bond acceptors (Lipinski definition) is 6. The van der Waals surface area contributed by atoms with Gasteiger partial charge in [-0.25, -0.2) is 15.0 Å². The Balaban J connectivity index is 1.89. The number of rotatable bonds is 8. The van der Waals surface area contributed by atoms with Crippen LogP contribution < -0.4 is 10.1 Å². The van der Waals surface area contributed by atoms with Crippen LogP contribution in [0.4, 0.5) is 0 Å². The molecule has 29 heavy (non-hydrogen) atoms. The van der Waals surface area contributed by atoms with E-state index in [1.165, 1.54) is 0 Å². The second kappa shape index (κ2) is 8.05. The maximum absolute atomic E-state index is 5.92. The van der Waals surface area contributed by atoms with E-state index < -0.39 is 0 Å². The molecule has 1 N–H and O–H groups in total. The average Bonchev–Trinajstić information content (AvgIpc) is 3.34. The summed E-state index contributed by atoms with van der Waals surface area (Å²) in [5, 5.41) is 3.41. The van der Waals surface area contributed by atoms with Gasteiger partial charge in [-0.05, 0) is 32.9 Å². The fourth-order valence-corrected chi connectivity index (χ4v) is 3.34. The zero-order valence-corrected chi connectivity index (χ0v) is 17.0. The van der Waals surface area contributed by atoms with Crippen LogP contribution in [0.1, 0.15) is 37.7 Å². The van der Waals surface area contributed by atoms with Gasteiger partial charge in [0, 0.05) is 35.8 Å². The Morgan fingerprint density at radius 2 is 2.24 bits per heavy atom. The molecule has 7 nitrogen and oxygen atoms in total. The summed E-state index contributed by atoms with van der Waals surface area (Å²) in [4.78, 5) is 14.0. The Labute approximate surface area is 169 Å². The number of pyridine rings is 1. The zero-order valence-electron chi connectivity index (χ0n) is 17.0. The topological polar surface area (TPSA) is 77.5 Å². The van der Waals surface area contributed by atoms with Crippen LogP contribution in [-0.4, -0.2) is 32.5 Å². The molecule has 0 saturated carbocycles. The van der Waals surface area contributed by atoms with Crippen LogP contribution in [0.25, 0.3) is 28.0 Å². The quantitative estimate of drug-likeness (QED) is 0.353. The SMILES string of the molecule is C=CCCOc1nc(-c2cc(C(C)NCC)nc3ccoc23)cn2c(C)cnc12. The molecule has 1 atom stereocenters. The zero-order chi connectivity index (χ0) is 20.4. The van der Waals surface area contributed by atoms with Crippen molar-refractivity contribution < 1.29 is 9.15 Å². The van der Waals surface area contributed by atoms with E-state index in [2.05, 4.69) is 30.7 Å². The Bertz CT molecular complexity index is 1160. The smallest absolute Gasteiger partial charge is 0.258 e. The standard InChI is InChI=1S/C22H25N5O2/c1-5-7-9-29-22-21-24-12-14(3)27(21)13-19(26-22)16-11-18(15(4)23-6-2)25-17-8-10-28-20(16)17/h5,8,10-13,15,23H,1,6-7,9H2,2-4H3. The molecule has 0 amide bonds. The van der Waals surface area contributed by atoms with Gasteiger partial charge in [0.15, 0.2) is 5.58 Å². The number of imidazole rings is 1. The Morgan fingerprint density at radius 1 is 1.38 bits per heavy atom. The minimum Gasteiger partial charge on any atom is -0.475 e. The highest BCUT2D eigenvalue weighted by molar-refractivity contribution is 5.89. The van der Waals surface area contributed by atoms with E-state index in [0.29, 0.717) is 23.7 Å². The first-order valence-electron chi connectivity index (χ1n) is 9.82. The molecular formula is C22H25N5O2. The summed E-state index contributed by atoms with van der Waals surface area (Å²) < 4.78 is 13.7. The highest BCUT2D eigenvalue weighted by Gasteiger charge is 2.18. The van der Waals surface area contributed by atoms with Crippen molar-refractivity contribution in [2.45, 2.75) is 33.2 Å². The van der Waals surface area contributed by atoms with Crippen LogP contribution in [0, 0.1) is 6.92 Å². The fraction of sp³-hybridized carbons (Fsp3) is 0.318.